The number of carbonyl (C=O) groups is 5. The molecule has 246 valence electrons. The predicted molar refractivity (Wildman–Crippen MR) is 168 cm³/mol. The van der Waals surface area contributed by atoms with Crippen molar-refractivity contribution >= 4 is 35.3 Å². The molecule has 0 aliphatic carbocycles. The SMILES string of the molecule is CC(C)C[C@H](NC(=O)[C@@H](NC(=O)[C@@H](N)CCC(=O)O)C(C)C)C(=O)N[C@@H](Cc1ccccc1)[C@@H](O)C(=O)Nc1ccccc1O. The third kappa shape index (κ3) is 12.2. The first kappa shape index (κ1) is 36.7. The molecule has 45 heavy (non-hydrogen) atoms. The monoisotopic (exact) mass is 627 g/mol. The summed E-state index contributed by atoms with van der Waals surface area (Å²) in [6.07, 6.45) is -1.89. The van der Waals surface area contributed by atoms with Crippen molar-refractivity contribution in [3.8, 4) is 5.75 Å². The van der Waals surface area contributed by atoms with Crippen molar-refractivity contribution in [2.24, 2.45) is 17.6 Å². The fourth-order valence-electron chi connectivity index (χ4n) is 4.53. The van der Waals surface area contributed by atoms with Crippen LogP contribution in [0, 0.1) is 11.8 Å². The maximum atomic E-state index is 13.7. The van der Waals surface area contributed by atoms with E-state index in [-0.39, 0.29) is 43.0 Å². The van der Waals surface area contributed by atoms with E-state index >= 15 is 0 Å². The number of carboxylic acids is 1. The lowest BCUT2D eigenvalue weighted by Gasteiger charge is -2.29. The number of amides is 4. The van der Waals surface area contributed by atoms with Crippen LogP contribution in [-0.4, -0.2) is 75.2 Å². The van der Waals surface area contributed by atoms with Crippen LogP contribution < -0.4 is 27.0 Å². The minimum absolute atomic E-state index is 0.0561. The molecule has 0 fully saturated rings. The predicted octanol–water partition coefficient (Wildman–Crippen LogP) is 1.28. The Morgan fingerprint density at radius 3 is 2.00 bits per heavy atom. The van der Waals surface area contributed by atoms with Gasteiger partial charge in [0.15, 0.2) is 6.10 Å². The van der Waals surface area contributed by atoms with Crippen molar-refractivity contribution in [2.75, 3.05) is 5.32 Å². The van der Waals surface area contributed by atoms with Gasteiger partial charge in [-0.05, 0) is 48.8 Å². The third-order valence-electron chi connectivity index (χ3n) is 7.03. The second-order valence-corrected chi connectivity index (χ2v) is 11.7. The van der Waals surface area contributed by atoms with Gasteiger partial charge in [-0.15, -0.1) is 0 Å². The second-order valence-electron chi connectivity index (χ2n) is 11.7. The zero-order chi connectivity index (χ0) is 33.7. The number of benzene rings is 2. The van der Waals surface area contributed by atoms with Crippen molar-refractivity contribution < 1.29 is 39.3 Å². The lowest BCUT2D eigenvalue weighted by atomic mass is 9.97. The largest absolute Gasteiger partial charge is 0.506 e. The summed E-state index contributed by atoms with van der Waals surface area (Å²) in [6, 6.07) is 10.5. The number of nitrogens with one attached hydrogen (secondary N) is 4. The molecule has 0 unspecified atom stereocenters. The lowest BCUT2D eigenvalue weighted by molar-refractivity contribution is -0.137. The van der Waals surface area contributed by atoms with Crippen LogP contribution in [0.3, 0.4) is 0 Å². The number of anilines is 1. The van der Waals surface area contributed by atoms with Crippen molar-refractivity contribution in [1.82, 2.24) is 16.0 Å². The Morgan fingerprint density at radius 2 is 1.42 bits per heavy atom. The van der Waals surface area contributed by atoms with E-state index in [4.69, 9.17) is 10.8 Å². The van der Waals surface area contributed by atoms with Crippen molar-refractivity contribution in [3.63, 3.8) is 0 Å². The highest BCUT2D eigenvalue weighted by molar-refractivity contribution is 5.97. The number of aromatic hydroxyl groups is 1. The molecule has 0 aliphatic rings. The van der Waals surface area contributed by atoms with E-state index in [1.54, 1.807) is 56.3 Å². The van der Waals surface area contributed by atoms with Gasteiger partial charge in [0.25, 0.3) is 5.91 Å². The van der Waals surface area contributed by atoms with Crippen molar-refractivity contribution in [1.29, 1.82) is 0 Å². The zero-order valence-corrected chi connectivity index (χ0v) is 26.0. The number of phenols is 1. The number of phenolic OH excluding ortho intramolecular Hbond substituents is 1. The summed E-state index contributed by atoms with van der Waals surface area (Å²) in [5.74, 6) is -4.63. The van der Waals surface area contributed by atoms with Gasteiger partial charge in [0.1, 0.15) is 17.8 Å². The zero-order valence-electron chi connectivity index (χ0n) is 26.0. The lowest BCUT2D eigenvalue weighted by Crippen LogP contribution is -2.59. The van der Waals surface area contributed by atoms with Gasteiger partial charge in [0.05, 0.1) is 17.8 Å². The molecule has 2 aromatic carbocycles. The van der Waals surface area contributed by atoms with E-state index in [1.165, 1.54) is 12.1 Å². The molecule has 0 aromatic heterocycles. The molecule has 4 amide bonds. The van der Waals surface area contributed by atoms with E-state index in [0.717, 1.165) is 5.56 Å². The summed E-state index contributed by atoms with van der Waals surface area (Å²) in [5, 5.41) is 40.5. The van der Waals surface area contributed by atoms with E-state index in [1.807, 2.05) is 13.8 Å². The fraction of sp³-hybridized carbons (Fsp3) is 0.469. The number of carbonyl (C=O) groups excluding carboxylic acids is 4. The molecule has 0 aliphatic heterocycles. The standard InChI is InChI=1S/C32H45N5O8/c1-18(2)16-24(36-31(44)27(19(3)4)37-29(42)21(33)14-15-26(39)40)30(43)35-23(17-20-10-6-5-7-11-20)28(41)32(45)34-22-12-8-9-13-25(22)38/h5-13,18-19,21,23-24,27-28,38,41H,14-17,33H2,1-4H3,(H,34,45)(H,35,43)(H,36,44)(H,37,42)(H,39,40)/t21-,23-,24-,27-,28+/m0/s1. The summed E-state index contributed by atoms with van der Waals surface area (Å²) < 4.78 is 0. The Bertz CT molecular complexity index is 1300. The number of aliphatic hydroxyl groups is 1. The molecule has 13 nitrogen and oxygen atoms in total. The summed E-state index contributed by atoms with van der Waals surface area (Å²) >= 11 is 0. The summed E-state index contributed by atoms with van der Waals surface area (Å²) in [4.78, 5) is 63.5. The molecule has 2 aromatic rings. The molecule has 0 bridgehead atoms. The van der Waals surface area contributed by atoms with Gasteiger partial charge in [-0.1, -0.05) is 70.2 Å². The Balaban J connectivity index is 2.25. The van der Waals surface area contributed by atoms with Gasteiger partial charge in [-0.25, -0.2) is 0 Å². The summed E-state index contributed by atoms with van der Waals surface area (Å²) in [6.45, 7) is 7.10. The van der Waals surface area contributed by atoms with E-state index in [2.05, 4.69) is 21.3 Å². The molecule has 2 rings (SSSR count). The van der Waals surface area contributed by atoms with Gasteiger partial charge in [0.2, 0.25) is 17.7 Å². The first-order valence-electron chi connectivity index (χ1n) is 14.9. The van der Waals surface area contributed by atoms with Crippen LogP contribution in [0.5, 0.6) is 5.75 Å². The average molecular weight is 628 g/mol. The van der Waals surface area contributed by atoms with Crippen molar-refractivity contribution in [3.05, 3.63) is 60.2 Å². The molecular weight excluding hydrogens is 582 g/mol. The Labute approximate surface area is 263 Å². The minimum Gasteiger partial charge on any atom is -0.506 e. The number of hydrogen-bond donors (Lipinski definition) is 8. The van der Waals surface area contributed by atoms with Gasteiger partial charge < -0.3 is 42.3 Å². The first-order valence-corrected chi connectivity index (χ1v) is 14.9. The number of aliphatic hydroxyl groups excluding tert-OH is 1. The van der Waals surface area contributed by atoms with Gasteiger partial charge in [-0.3, -0.25) is 24.0 Å². The fourth-order valence-corrected chi connectivity index (χ4v) is 4.53. The van der Waals surface area contributed by atoms with E-state index in [0.29, 0.717) is 0 Å². The number of aliphatic carboxylic acids is 1. The summed E-state index contributed by atoms with van der Waals surface area (Å²) in [5.41, 5.74) is 6.63. The smallest absolute Gasteiger partial charge is 0.303 e. The Morgan fingerprint density at radius 1 is 0.800 bits per heavy atom. The van der Waals surface area contributed by atoms with Gasteiger partial charge >= 0.3 is 5.97 Å². The molecule has 5 atom stereocenters. The molecular formula is C32H45N5O8. The quantitative estimate of drug-likeness (QED) is 0.118. The maximum Gasteiger partial charge on any atom is 0.303 e. The number of rotatable bonds is 17. The molecule has 0 heterocycles. The number of hydrogen-bond acceptors (Lipinski definition) is 8. The average Bonchev–Trinajstić information content (AvgIpc) is 2.98. The highest BCUT2D eigenvalue weighted by Crippen LogP contribution is 2.22. The minimum atomic E-state index is -1.74. The topological polar surface area (TPSA) is 220 Å². The van der Waals surface area contributed by atoms with Crippen molar-refractivity contribution in [2.45, 2.75) is 83.6 Å². The van der Waals surface area contributed by atoms with Gasteiger partial charge in [0, 0.05) is 6.42 Å². The number of nitrogens with two attached hydrogens (primary N) is 1. The summed E-state index contributed by atoms with van der Waals surface area (Å²) in [7, 11) is 0. The maximum absolute atomic E-state index is 13.7. The molecule has 0 saturated carbocycles. The Kier molecular flexibility index (Phi) is 14.4. The molecule has 13 heteroatoms. The van der Waals surface area contributed by atoms with Crippen LogP contribution in [0.4, 0.5) is 5.69 Å². The molecule has 0 spiro atoms. The normalized spacial score (nSPS) is 14.5. The molecule has 0 saturated heterocycles. The van der Waals surface area contributed by atoms with Crippen LogP contribution >= 0.6 is 0 Å². The highest BCUT2D eigenvalue weighted by atomic mass is 16.4. The third-order valence-corrected chi connectivity index (χ3v) is 7.03. The van der Waals surface area contributed by atoms with Crippen LogP contribution in [0.25, 0.3) is 0 Å². The van der Waals surface area contributed by atoms with E-state index in [9.17, 15) is 34.2 Å². The highest BCUT2D eigenvalue weighted by Gasteiger charge is 2.34. The van der Waals surface area contributed by atoms with Crippen LogP contribution in [0.1, 0.15) is 52.5 Å². The second kappa shape index (κ2) is 17.7. The van der Waals surface area contributed by atoms with Gasteiger partial charge in [-0.2, -0.15) is 0 Å². The number of para-hydroxylation sites is 2. The molecule has 9 N–H and O–H groups in total. The molecule has 0 radical (unpaired) electrons. The van der Waals surface area contributed by atoms with Crippen LogP contribution in [0.15, 0.2) is 54.6 Å². The number of carboxylic acid groups (broad SMARTS) is 1. The van der Waals surface area contributed by atoms with Crippen LogP contribution in [0.2, 0.25) is 0 Å². The van der Waals surface area contributed by atoms with Crippen LogP contribution in [-0.2, 0) is 30.4 Å². The van der Waals surface area contributed by atoms with E-state index < -0.39 is 65.8 Å². The Hall–Kier alpha value is -4.49. The first-order chi connectivity index (χ1) is 21.2.